The van der Waals surface area contributed by atoms with Crippen LogP contribution in [0, 0.1) is 0 Å². The van der Waals surface area contributed by atoms with Gasteiger partial charge in [-0.05, 0) is 12.1 Å². The maximum Gasteiger partial charge on any atom is 0.320 e. The summed E-state index contributed by atoms with van der Waals surface area (Å²) in [6, 6.07) is 2.83. The van der Waals surface area contributed by atoms with Crippen LogP contribution in [0.5, 0.6) is 0 Å². The van der Waals surface area contributed by atoms with Crippen LogP contribution in [0.15, 0.2) is 29.0 Å². The van der Waals surface area contributed by atoms with Gasteiger partial charge >= 0.3 is 5.97 Å². The van der Waals surface area contributed by atoms with Crippen molar-refractivity contribution in [3.05, 3.63) is 34.7 Å². The molecule has 0 aliphatic carbocycles. The number of carboxylic acids is 1. The van der Waals surface area contributed by atoms with Crippen molar-refractivity contribution in [2.24, 2.45) is 5.73 Å². The van der Waals surface area contributed by atoms with E-state index in [0.717, 1.165) is 10.1 Å². The maximum atomic E-state index is 10.6. The van der Waals surface area contributed by atoms with Gasteiger partial charge in [0.2, 0.25) is 0 Å². The molecule has 1 unspecified atom stereocenters. The number of carbonyl (C=O) groups is 1. The second kappa shape index (κ2) is 4.23. The second-order valence-electron chi connectivity index (χ2n) is 3.49. The maximum absolute atomic E-state index is 10.6. The summed E-state index contributed by atoms with van der Waals surface area (Å²) >= 11 is 3.34. The van der Waals surface area contributed by atoms with Crippen LogP contribution in [0.3, 0.4) is 0 Å². The Morgan fingerprint density at radius 1 is 1.69 bits per heavy atom. The fourth-order valence-electron chi connectivity index (χ4n) is 1.42. The molecular formula is C10H10BrN3O2. The molecule has 2 rings (SSSR count). The highest BCUT2D eigenvalue weighted by molar-refractivity contribution is 9.10. The first-order valence-corrected chi connectivity index (χ1v) is 5.47. The second-order valence-corrected chi connectivity index (χ2v) is 4.41. The summed E-state index contributed by atoms with van der Waals surface area (Å²) in [5, 5.41) is 8.70. The summed E-state index contributed by atoms with van der Waals surface area (Å²) < 4.78 is 2.76. The third-order valence-electron chi connectivity index (χ3n) is 2.22. The molecule has 16 heavy (non-hydrogen) atoms. The van der Waals surface area contributed by atoms with Gasteiger partial charge in [0.05, 0.1) is 5.69 Å². The molecule has 5 nitrogen and oxygen atoms in total. The first kappa shape index (κ1) is 11.1. The number of nitrogens with zero attached hydrogens (tertiary/aromatic N) is 2. The van der Waals surface area contributed by atoms with E-state index in [1.165, 1.54) is 0 Å². The molecule has 0 saturated heterocycles. The van der Waals surface area contributed by atoms with Gasteiger partial charge in [-0.1, -0.05) is 15.9 Å². The minimum Gasteiger partial charge on any atom is -0.480 e. The molecule has 0 fully saturated rings. The van der Waals surface area contributed by atoms with Gasteiger partial charge < -0.3 is 15.2 Å². The predicted octanol–water partition coefficient (Wildman–Crippen LogP) is 1.05. The summed E-state index contributed by atoms with van der Waals surface area (Å²) in [4.78, 5) is 14.9. The van der Waals surface area contributed by atoms with Crippen molar-refractivity contribution in [2.45, 2.75) is 12.5 Å². The van der Waals surface area contributed by atoms with Crippen molar-refractivity contribution in [2.75, 3.05) is 0 Å². The molecule has 0 saturated carbocycles. The van der Waals surface area contributed by atoms with Crippen molar-refractivity contribution in [3.63, 3.8) is 0 Å². The van der Waals surface area contributed by atoms with E-state index in [2.05, 4.69) is 20.9 Å². The molecule has 0 aliphatic heterocycles. The van der Waals surface area contributed by atoms with E-state index < -0.39 is 12.0 Å². The van der Waals surface area contributed by atoms with E-state index in [1.807, 2.05) is 22.7 Å². The van der Waals surface area contributed by atoms with E-state index in [-0.39, 0.29) is 6.42 Å². The fraction of sp³-hybridized carbons (Fsp3) is 0.200. The number of halogens is 1. The topological polar surface area (TPSA) is 80.6 Å². The standard InChI is InChI=1S/C10H10BrN3O2/c11-6-1-2-14-5-7(13-9(14)3-6)4-8(12)10(15)16/h1-3,5,8H,4,12H2,(H,15,16). The molecule has 0 amide bonds. The van der Waals surface area contributed by atoms with E-state index in [1.54, 1.807) is 6.20 Å². The van der Waals surface area contributed by atoms with Crippen molar-refractivity contribution in [1.82, 2.24) is 9.38 Å². The number of carboxylic acid groups (broad SMARTS) is 1. The zero-order valence-electron chi connectivity index (χ0n) is 8.30. The van der Waals surface area contributed by atoms with Gasteiger partial charge in [-0.25, -0.2) is 4.98 Å². The smallest absolute Gasteiger partial charge is 0.320 e. The average Bonchev–Trinajstić information content (AvgIpc) is 2.58. The zero-order valence-corrected chi connectivity index (χ0v) is 9.89. The Hall–Kier alpha value is -1.40. The number of nitrogens with two attached hydrogens (primary N) is 1. The molecule has 0 bridgehead atoms. The third-order valence-corrected chi connectivity index (χ3v) is 2.71. The van der Waals surface area contributed by atoms with Gasteiger partial charge in [0.25, 0.3) is 0 Å². The van der Waals surface area contributed by atoms with Gasteiger partial charge in [-0.3, -0.25) is 4.79 Å². The molecule has 2 heterocycles. The Balaban J connectivity index is 2.29. The molecule has 0 aliphatic rings. The quantitative estimate of drug-likeness (QED) is 0.882. The molecule has 2 aromatic heterocycles. The largest absolute Gasteiger partial charge is 0.480 e. The first-order valence-electron chi connectivity index (χ1n) is 4.68. The van der Waals surface area contributed by atoms with Gasteiger partial charge in [0.15, 0.2) is 0 Å². The monoisotopic (exact) mass is 283 g/mol. The molecular weight excluding hydrogens is 274 g/mol. The highest BCUT2D eigenvalue weighted by Crippen LogP contribution is 2.13. The number of imidazole rings is 1. The summed E-state index contributed by atoms with van der Waals surface area (Å²) in [6.07, 6.45) is 3.86. The van der Waals surface area contributed by atoms with E-state index in [4.69, 9.17) is 10.8 Å². The lowest BCUT2D eigenvalue weighted by Crippen LogP contribution is -2.32. The number of hydrogen-bond acceptors (Lipinski definition) is 3. The minimum absolute atomic E-state index is 0.231. The SMILES string of the molecule is NC(Cc1cn2ccc(Br)cc2n1)C(=O)O. The lowest BCUT2D eigenvalue weighted by atomic mass is 10.2. The lowest BCUT2D eigenvalue weighted by Gasteiger charge is -2.01. The highest BCUT2D eigenvalue weighted by atomic mass is 79.9. The van der Waals surface area contributed by atoms with Gasteiger partial charge in [-0.15, -0.1) is 0 Å². The summed E-state index contributed by atoms with van der Waals surface area (Å²) in [6.45, 7) is 0. The molecule has 1 atom stereocenters. The Kier molecular flexibility index (Phi) is 2.93. The Morgan fingerprint density at radius 3 is 3.12 bits per heavy atom. The van der Waals surface area contributed by atoms with Crippen LogP contribution < -0.4 is 5.73 Å². The highest BCUT2D eigenvalue weighted by Gasteiger charge is 2.14. The normalized spacial score (nSPS) is 12.9. The van der Waals surface area contributed by atoms with E-state index in [0.29, 0.717) is 5.69 Å². The average molecular weight is 284 g/mol. The third kappa shape index (κ3) is 2.23. The Bertz CT molecular complexity index is 538. The van der Waals surface area contributed by atoms with Crippen LogP contribution in [0.4, 0.5) is 0 Å². The number of hydrogen-bond donors (Lipinski definition) is 2. The summed E-state index contributed by atoms with van der Waals surface area (Å²) in [5.74, 6) is -1.02. The van der Waals surface area contributed by atoms with Crippen molar-refractivity contribution in [3.8, 4) is 0 Å². The van der Waals surface area contributed by atoms with Crippen LogP contribution in [0.2, 0.25) is 0 Å². The first-order chi connectivity index (χ1) is 7.56. The number of aromatic nitrogens is 2. The Morgan fingerprint density at radius 2 is 2.44 bits per heavy atom. The van der Waals surface area contributed by atoms with Gasteiger partial charge in [-0.2, -0.15) is 0 Å². The number of rotatable bonds is 3. The van der Waals surface area contributed by atoms with Crippen LogP contribution in [-0.4, -0.2) is 26.5 Å². The molecule has 2 aromatic rings. The van der Waals surface area contributed by atoms with Crippen LogP contribution in [-0.2, 0) is 11.2 Å². The van der Waals surface area contributed by atoms with E-state index >= 15 is 0 Å². The number of pyridine rings is 1. The van der Waals surface area contributed by atoms with Crippen LogP contribution in [0.1, 0.15) is 5.69 Å². The van der Waals surface area contributed by atoms with Crippen molar-refractivity contribution < 1.29 is 9.90 Å². The van der Waals surface area contributed by atoms with Crippen molar-refractivity contribution in [1.29, 1.82) is 0 Å². The van der Waals surface area contributed by atoms with E-state index in [9.17, 15) is 4.79 Å². The molecule has 6 heteroatoms. The van der Waals surface area contributed by atoms with Crippen LogP contribution in [0.25, 0.3) is 5.65 Å². The number of fused-ring (bicyclic) bond motifs is 1. The summed E-state index contributed by atoms with van der Waals surface area (Å²) in [7, 11) is 0. The van der Waals surface area contributed by atoms with Crippen LogP contribution >= 0.6 is 15.9 Å². The molecule has 84 valence electrons. The lowest BCUT2D eigenvalue weighted by molar-refractivity contribution is -0.138. The zero-order chi connectivity index (χ0) is 11.7. The molecule has 0 radical (unpaired) electrons. The molecule has 0 aromatic carbocycles. The van der Waals surface area contributed by atoms with Crippen molar-refractivity contribution >= 4 is 27.5 Å². The van der Waals surface area contributed by atoms with Gasteiger partial charge in [0.1, 0.15) is 11.7 Å². The summed E-state index contributed by atoms with van der Waals surface area (Å²) in [5.41, 5.74) is 6.88. The fourth-order valence-corrected chi connectivity index (χ4v) is 1.74. The predicted molar refractivity (Wildman–Crippen MR) is 62.2 cm³/mol. The molecule has 0 spiro atoms. The molecule has 3 N–H and O–H groups in total. The van der Waals surface area contributed by atoms with Gasteiger partial charge in [0, 0.05) is 23.3 Å². The minimum atomic E-state index is -1.02. The Labute approximate surface area is 100 Å². The number of aliphatic carboxylic acids is 1.